The van der Waals surface area contributed by atoms with Crippen molar-refractivity contribution >= 4 is 0 Å². The van der Waals surface area contributed by atoms with Crippen LogP contribution in [0.15, 0.2) is 72.5 Å². The predicted molar refractivity (Wildman–Crippen MR) is 102 cm³/mol. The molecule has 2 aromatic rings. The molecule has 0 amide bonds. The van der Waals surface area contributed by atoms with Crippen LogP contribution in [0.3, 0.4) is 0 Å². The summed E-state index contributed by atoms with van der Waals surface area (Å²) in [5.74, 6) is 0. The van der Waals surface area contributed by atoms with E-state index in [1.54, 1.807) is 0 Å². The molecular formula is C23H25N. The summed E-state index contributed by atoms with van der Waals surface area (Å²) in [7, 11) is 0. The number of hydrogen-bond acceptors (Lipinski definition) is 1. The minimum absolute atomic E-state index is 0.192. The Kier molecular flexibility index (Phi) is 3.60. The lowest BCUT2D eigenvalue weighted by Gasteiger charge is -2.39. The second-order valence-electron chi connectivity index (χ2n) is 7.90. The van der Waals surface area contributed by atoms with E-state index in [2.05, 4.69) is 92.6 Å². The summed E-state index contributed by atoms with van der Waals surface area (Å²) in [6.45, 7) is 7.99. The summed E-state index contributed by atoms with van der Waals surface area (Å²) in [6.07, 6.45) is 8.18. The molecule has 1 atom stereocenters. The van der Waals surface area contributed by atoms with Crippen LogP contribution in [0.1, 0.15) is 37.9 Å². The van der Waals surface area contributed by atoms with Gasteiger partial charge in [0.15, 0.2) is 0 Å². The molecule has 1 heteroatoms. The smallest absolute Gasteiger partial charge is 0.0729 e. The first-order chi connectivity index (χ1) is 11.5. The highest BCUT2D eigenvalue weighted by Gasteiger charge is 2.28. The molecule has 1 nitrogen and oxygen atoms in total. The third-order valence-electron chi connectivity index (χ3n) is 5.22. The van der Waals surface area contributed by atoms with E-state index in [0.717, 1.165) is 13.0 Å². The van der Waals surface area contributed by atoms with E-state index in [1.165, 1.54) is 27.8 Å². The SMILES string of the molecule is CC(C)(C)C1=CC2c3cc(-c4ccccc4)ccc3CCN2C=C1. The van der Waals surface area contributed by atoms with Crippen molar-refractivity contribution in [3.05, 3.63) is 83.6 Å². The van der Waals surface area contributed by atoms with Crippen molar-refractivity contribution in [3.63, 3.8) is 0 Å². The number of fused-ring (bicyclic) bond motifs is 3. The molecule has 122 valence electrons. The van der Waals surface area contributed by atoms with Gasteiger partial charge in [0.25, 0.3) is 0 Å². The highest BCUT2D eigenvalue weighted by Crippen LogP contribution is 2.40. The van der Waals surface area contributed by atoms with Crippen molar-refractivity contribution in [2.24, 2.45) is 5.41 Å². The van der Waals surface area contributed by atoms with Gasteiger partial charge in [-0.15, -0.1) is 0 Å². The van der Waals surface area contributed by atoms with Crippen LogP contribution in [0.4, 0.5) is 0 Å². The first-order valence-electron chi connectivity index (χ1n) is 8.87. The van der Waals surface area contributed by atoms with E-state index in [-0.39, 0.29) is 5.41 Å². The Bertz CT molecular complexity index is 806. The minimum Gasteiger partial charge on any atom is -0.367 e. The molecule has 2 aliphatic rings. The van der Waals surface area contributed by atoms with E-state index in [1.807, 2.05) is 0 Å². The van der Waals surface area contributed by atoms with Gasteiger partial charge in [0.05, 0.1) is 6.04 Å². The van der Waals surface area contributed by atoms with Crippen molar-refractivity contribution in [3.8, 4) is 11.1 Å². The van der Waals surface area contributed by atoms with E-state index >= 15 is 0 Å². The van der Waals surface area contributed by atoms with E-state index in [4.69, 9.17) is 0 Å². The standard InChI is InChI=1S/C23H25N/c1-23(2,3)20-12-14-24-13-11-18-9-10-19(15-21(18)22(24)16-20)17-7-5-4-6-8-17/h4-10,12,14-16,22H,11,13H2,1-3H3. The van der Waals surface area contributed by atoms with Gasteiger partial charge >= 0.3 is 0 Å². The molecule has 0 saturated carbocycles. The fraction of sp³-hybridized carbons (Fsp3) is 0.304. The van der Waals surface area contributed by atoms with Crippen LogP contribution in [-0.4, -0.2) is 11.4 Å². The number of rotatable bonds is 1. The summed E-state index contributed by atoms with van der Waals surface area (Å²) < 4.78 is 0. The lowest BCUT2D eigenvalue weighted by atomic mass is 9.81. The monoisotopic (exact) mass is 315 g/mol. The second kappa shape index (κ2) is 5.66. The molecule has 2 aliphatic heterocycles. The zero-order chi connectivity index (χ0) is 16.7. The van der Waals surface area contributed by atoms with Crippen LogP contribution in [0.5, 0.6) is 0 Å². The summed E-state index contributed by atoms with van der Waals surface area (Å²) in [4.78, 5) is 2.48. The van der Waals surface area contributed by atoms with Crippen molar-refractivity contribution in [1.82, 2.24) is 4.90 Å². The number of benzene rings is 2. The van der Waals surface area contributed by atoms with E-state index < -0.39 is 0 Å². The normalized spacial score (nSPS) is 19.5. The topological polar surface area (TPSA) is 3.24 Å². The van der Waals surface area contributed by atoms with Gasteiger partial charge in [-0.3, -0.25) is 0 Å². The fourth-order valence-electron chi connectivity index (χ4n) is 3.73. The Morgan fingerprint density at radius 2 is 1.75 bits per heavy atom. The van der Waals surface area contributed by atoms with Gasteiger partial charge in [0, 0.05) is 12.7 Å². The van der Waals surface area contributed by atoms with Crippen LogP contribution in [0, 0.1) is 5.41 Å². The molecule has 0 aromatic heterocycles. The average Bonchev–Trinajstić information content (AvgIpc) is 2.60. The fourth-order valence-corrected chi connectivity index (χ4v) is 3.73. The summed E-state index contributed by atoms with van der Waals surface area (Å²) >= 11 is 0. The Morgan fingerprint density at radius 1 is 0.958 bits per heavy atom. The number of allylic oxidation sites excluding steroid dienone is 2. The molecule has 1 unspecified atom stereocenters. The Labute approximate surface area is 145 Å². The number of nitrogens with zero attached hydrogens (tertiary/aromatic N) is 1. The maximum absolute atomic E-state index is 2.48. The van der Waals surface area contributed by atoms with E-state index in [9.17, 15) is 0 Å². The Hall–Kier alpha value is -2.28. The Morgan fingerprint density at radius 3 is 2.50 bits per heavy atom. The van der Waals surface area contributed by atoms with Crippen LogP contribution in [-0.2, 0) is 6.42 Å². The molecule has 0 N–H and O–H groups in total. The molecule has 0 fully saturated rings. The molecule has 4 rings (SSSR count). The molecule has 0 spiro atoms. The first-order valence-corrected chi connectivity index (χ1v) is 8.87. The van der Waals surface area contributed by atoms with Gasteiger partial charge in [-0.05, 0) is 51.8 Å². The third-order valence-corrected chi connectivity index (χ3v) is 5.22. The van der Waals surface area contributed by atoms with Crippen LogP contribution in [0.2, 0.25) is 0 Å². The molecule has 2 heterocycles. The van der Waals surface area contributed by atoms with Crippen molar-refractivity contribution in [2.45, 2.75) is 33.2 Å². The lowest BCUT2D eigenvalue weighted by molar-refractivity contribution is 0.298. The molecular weight excluding hydrogens is 290 g/mol. The molecule has 24 heavy (non-hydrogen) atoms. The van der Waals surface area contributed by atoms with Crippen molar-refractivity contribution in [1.29, 1.82) is 0 Å². The van der Waals surface area contributed by atoms with Gasteiger partial charge in [-0.25, -0.2) is 0 Å². The first kappa shape index (κ1) is 15.3. The summed E-state index contributed by atoms with van der Waals surface area (Å²) in [5.41, 5.74) is 7.20. The highest BCUT2D eigenvalue weighted by atomic mass is 15.1. The maximum Gasteiger partial charge on any atom is 0.0729 e. The molecule has 0 saturated heterocycles. The van der Waals surface area contributed by atoms with Gasteiger partial charge in [-0.2, -0.15) is 0 Å². The molecule has 0 radical (unpaired) electrons. The van der Waals surface area contributed by atoms with Crippen molar-refractivity contribution in [2.75, 3.05) is 6.54 Å². The molecule has 2 aromatic carbocycles. The molecule has 0 aliphatic carbocycles. The summed E-state index contributed by atoms with van der Waals surface area (Å²) in [5, 5.41) is 0. The van der Waals surface area contributed by atoms with Gasteiger partial charge in [0.2, 0.25) is 0 Å². The highest BCUT2D eigenvalue weighted by molar-refractivity contribution is 5.65. The van der Waals surface area contributed by atoms with Gasteiger partial charge in [0.1, 0.15) is 0 Å². The number of hydrogen-bond donors (Lipinski definition) is 0. The van der Waals surface area contributed by atoms with Gasteiger partial charge < -0.3 is 4.90 Å². The predicted octanol–water partition coefficient (Wildman–Crippen LogP) is 5.75. The average molecular weight is 315 g/mol. The largest absolute Gasteiger partial charge is 0.367 e. The van der Waals surface area contributed by atoms with Crippen LogP contribution in [0.25, 0.3) is 11.1 Å². The zero-order valence-electron chi connectivity index (χ0n) is 14.8. The van der Waals surface area contributed by atoms with E-state index in [0.29, 0.717) is 6.04 Å². The van der Waals surface area contributed by atoms with Crippen molar-refractivity contribution < 1.29 is 0 Å². The van der Waals surface area contributed by atoms with Crippen LogP contribution < -0.4 is 0 Å². The van der Waals surface area contributed by atoms with Crippen LogP contribution >= 0.6 is 0 Å². The quantitative estimate of drug-likeness (QED) is 0.647. The lowest BCUT2D eigenvalue weighted by Crippen LogP contribution is -2.33. The third kappa shape index (κ3) is 2.69. The zero-order valence-corrected chi connectivity index (χ0v) is 14.8. The maximum atomic E-state index is 2.48. The molecule has 0 bridgehead atoms. The second-order valence-corrected chi connectivity index (χ2v) is 7.90. The van der Waals surface area contributed by atoms with Gasteiger partial charge in [-0.1, -0.05) is 69.3 Å². The Balaban J connectivity index is 1.79. The minimum atomic E-state index is 0.192. The summed E-state index contributed by atoms with van der Waals surface area (Å²) in [6, 6.07) is 18.1.